The van der Waals surface area contributed by atoms with Crippen molar-refractivity contribution in [1.82, 2.24) is 10.6 Å². The molecule has 0 fully saturated rings. The van der Waals surface area contributed by atoms with Crippen LogP contribution in [0, 0.1) is 11.6 Å². The highest BCUT2D eigenvalue weighted by molar-refractivity contribution is 6.01. The van der Waals surface area contributed by atoms with Crippen molar-refractivity contribution in [2.75, 3.05) is 5.73 Å². The molecule has 0 aliphatic heterocycles. The Morgan fingerprint density at radius 2 is 1.65 bits per heavy atom. The number of anilines is 1. The quantitative estimate of drug-likeness (QED) is 0.726. The minimum absolute atomic E-state index is 0.0739. The molecule has 0 saturated heterocycles. The molecule has 0 aliphatic carbocycles. The highest BCUT2D eigenvalue weighted by Crippen LogP contribution is 2.17. The summed E-state index contributed by atoms with van der Waals surface area (Å²) in [6.45, 7) is 5.03. The van der Waals surface area contributed by atoms with Gasteiger partial charge in [0.05, 0.1) is 5.56 Å². The lowest BCUT2D eigenvalue weighted by atomic mass is 10.1. The Kier molecular flexibility index (Phi) is 5.01. The minimum atomic E-state index is -1.18. The standard InChI is InChI=1S/C13H17F2N3O2/c1-6(2)17-12(19)7(3)18-13(20)8-4-9(14)10(15)5-11(8)16/h4-7H,16H2,1-3H3,(H,17,19)(H,18,20). The predicted octanol–water partition coefficient (Wildman–Crippen LogP) is 1.19. The fourth-order valence-corrected chi connectivity index (χ4v) is 1.51. The zero-order valence-corrected chi connectivity index (χ0v) is 11.5. The first-order valence-corrected chi connectivity index (χ1v) is 6.08. The predicted molar refractivity (Wildman–Crippen MR) is 71.0 cm³/mol. The van der Waals surface area contributed by atoms with E-state index in [2.05, 4.69) is 10.6 Å². The van der Waals surface area contributed by atoms with Crippen LogP contribution in [0.15, 0.2) is 12.1 Å². The molecule has 5 nitrogen and oxygen atoms in total. The zero-order valence-electron chi connectivity index (χ0n) is 11.5. The molecular formula is C13H17F2N3O2. The van der Waals surface area contributed by atoms with E-state index in [0.29, 0.717) is 6.07 Å². The number of carbonyl (C=O) groups is 2. The first-order chi connectivity index (χ1) is 9.22. The summed E-state index contributed by atoms with van der Waals surface area (Å²) in [6.07, 6.45) is 0. The normalized spacial score (nSPS) is 12.1. The maximum absolute atomic E-state index is 13.1. The Morgan fingerprint density at radius 1 is 1.10 bits per heavy atom. The van der Waals surface area contributed by atoms with Crippen LogP contribution in [0.5, 0.6) is 0 Å². The summed E-state index contributed by atoms with van der Waals surface area (Å²) in [7, 11) is 0. The van der Waals surface area contributed by atoms with E-state index in [0.717, 1.165) is 6.07 Å². The summed E-state index contributed by atoms with van der Waals surface area (Å²) >= 11 is 0. The number of hydrogen-bond donors (Lipinski definition) is 3. The number of carbonyl (C=O) groups excluding carboxylic acids is 2. The number of halogens is 2. The second-order valence-electron chi connectivity index (χ2n) is 4.71. The van der Waals surface area contributed by atoms with E-state index in [-0.39, 0.29) is 23.2 Å². The lowest BCUT2D eigenvalue weighted by Gasteiger charge is -2.16. The van der Waals surface area contributed by atoms with E-state index in [4.69, 9.17) is 5.73 Å². The van der Waals surface area contributed by atoms with Crippen LogP contribution in [-0.2, 0) is 4.79 Å². The molecule has 1 atom stereocenters. The molecule has 4 N–H and O–H groups in total. The van der Waals surface area contributed by atoms with Gasteiger partial charge in [-0.15, -0.1) is 0 Å². The molecule has 0 radical (unpaired) electrons. The van der Waals surface area contributed by atoms with E-state index in [1.54, 1.807) is 13.8 Å². The fourth-order valence-electron chi connectivity index (χ4n) is 1.51. The molecule has 20 heavy (non-hydrogen) atoms. The van der Waals surface area contributed by atoms with Crippen molar-refractivity contribution in [1.29, 1.82) is 0 Å². The molecule has 1 rings (SSSR count). The molecule has 1 aromatic rings. The maximum atomic E-state index is 13.1. The van der Waals surface area contributed by atoms with Crippen molar-refractivity contribution < 1.29 is 18.4 Å². The van der Waals surface area contributed by atoms with Gasteiger partial charge in [0.2, 0.25) is 5.91 Å². The molecule has 7 heteroatoms. The Bertz CT molecular complexity index is 533. The van der Waals surface area contributed by atoms with Gasteiger partial charge >= 0.3 is 0 Å². The van der Waals surface area contributed by atoms with Crippen LogP contribution in [0.2, 0.25) is 0 Å². The van der Waals surface area contributed by atoms with Crippen molar-refractivity contribution >= 4 is 17.5 Å². The van der Waals surface area contributed by atoms with Gasteiger partial charge in [-0.25, -0.2) is 8.78 Å². The summed E-state index contributed by atoms with van der Waals surface area (Å²) in [4.78, 5) is 23.5. The largest absolute Gasteiger partial charge is 0.398 e. The van der Waals surface area contributed by atoms with Crippen LogP contribution in [-0.4, -0.2) is 23.9 Å². The summed E-state index contributed by atoms with van der Waals surface area (Å²) in [5.74, 6) is -3.43. The van der Waals surface area contributed by atoms with Crippen molar-refractivity contribution in [2.24, 2.45) is 0 Å². The lowest BCUT2D eigenvalue weighted by molar-refractivity contribution is -0.123. The molecular weight excluding hydrogens is 268 g/mol. The van der Waals surface area contributed by atoms with Crippen LogP contribution >= 0.6 is 0 Å². The van der Waals surface area contributed by atoms with Crippen molar-refractivity contribution in [3.8, 4) is 0 Å². The Labute approximate surface area is 115 Å². The number of nitrogens with two attached hydrogens (primary N) is 1. The zero-order chi connectivity index (χ0) is 15.4. The first kappa shape index (κ1) is 15.9. The van der Waals surface area contributed by atoms with Crippen LogP contribution in [0.3, 0.4) is 0 Å². The Hall–Kier alpha value is -2.18. The van der Waals surface area contributed by atoms with Gasteiger partial charge in [0.25, 0.3) is 5.91 Å². The molecule has 0 bridgehead atoms. The fraction of sp³-hybridized carbons (Fsp3) is 0.385. The second-order valence-corrected chi connectivity index (χ2v) is 4.71. The van der Waals surface area contributed by atoms with Gasteiger partial charge in [0.1, 0.15) is 6.04 Å². The topological polar surface area (TPSA) is 84.2 Å². The van der Waals surface area contributed by atoms with Gasteiger partial charge in [-0.3, -0.25) is 9.59 Å². The monoisotopic (exact) mass is 285 g/mol. The van der Waals surface area contributed by atoms with Gasteiger partial charge in [-0.05, 0) is 26.8 Å². The number of amides is 2. The third kappa shape index (κ3) is 3.91. The third-order valence-corrected chi connectivity index (χ3v) is 2.51. The average Bonchev–Trinajstić information content (AvgIpc) is 2.32. The number of nitrogen functional groups attached to an aromatic ring is 1. The van der Waals surface area contributed by atoms with Crippen LogP contribution in [0.1, 0.15) is 31.1 Å². The third-order valence-electron chi connectivity index (χ3n) is 2.51. The Morgan fingerprint density at radius 3 is 2.20 bits per heavy atom. The van der Waals surface area contributed by atoms with E-state index >= 15 is 0 Å². The van der Waals surface area contributed by atoms with E-state index in [1.807, 2.05) is 0 Å². The molecule has 0 heterocycles. The van der Waals surface area contributed by atoms with Crippen molar-refractivity contribution in [2.45, 2.75) is 32.9 Å². The smallest absolute Gasteiger partial charge is 0.254 e. The van der Waals surface area contributed by atoms with Crippen molar-refractivity contribution in [3.05, 3.63) is 29.3 Å². The lowest BCUT2D eigenvalue weighted by Crippen LogP contribution is -2.46. The number of benzene rings is 1. The SMILES string of the molecule is CC(C)NC(=O)C(C)NC(=O)c1cc(F)c(F)cc1N. The number of rotatable bonds is 4. The minimum Gasteiger partial charge on any atom is -0.398 e. The van der Waals surface area contributed by atoms with Crippen molar-refractivity contribution in [3.63, 3.8) is 0 Å². The van der Waals surface area contributed by atoms with E-state index in [1.165, 1.54) is 6.92 Å². The highest BCUT2D eigenvalue weighted by Gasteiger charge is 2.20. The molecule has 0 aromatic heterocycles. The number of nitrogens with one attached hydrogen (secondary N) is 2. The van der Waals surface area contributed by atoms with Gasteiger partial charge in [-0.2, -0.15) is 0 Å². The van der Waals surface area contributed by atoms with Gasteiger partial charge < -0.3 is 16.4 Å². The second kappa shape index (κ2) is 6.31. The van der Waals surface area contributed by atoms with Crippen LogP contribution in [0.4, 0.5) is 14.5 Å². The van der Waals surface area contributed by atoms with E-state index in [9.17, 15) is 18.4 Å². The number of hydrogen-bond acceptors (Lipinski definition) is 3. The molecule has 110 valence electrons. The summed E-state index contributed by atoms with van der Waals surface area (Å²) in [5.41, 5.74) is 5.04. The Balaban J connectivity index is 2.81. The van der Waals surface area contributed by atoms with Crippen LogP contribution in [0.25, 0.3) is 0 Å². The van der Waals surface area contributed by atoms with Crippen LogP contribution < -0.4 is 16.4 Å². The molecule has 1 unspecified atom stereocenters. The van der Waals surface area contributed by atoms with E-state index < -0.39 is 23.6 Å². The highest BCUT2D eigenvalue weighted by atomic mass is 19.2. The molecule has 0 spiro atoms. The molecule has 0 aliphatic rings. The maximum Gasteiger partial charge on any atom is 0.254 e. The summed E-state index contributed by atoms with van der Waals surface area (Å²) < 4.78 is 26.0. The summed E-state index contributed by atoms with van der Waals surface area (Å²) in [5, 5.41) is 4.98. The molecule has 1 aromatic carbocycles. The first-order valence-electron chi connectivity index (χ1n) is 6.08. The molecule has 2 amide bonds. The molecule has 0 saturated carbocycles. The average molecular weight is 285 g/mol. The summed E-state index contributed by atoms with van der Waals surface area (Å²) in [6, 6.07) is 0.531. The van der Waals surface area contributed by atoms with Gasteiger partial charge in [0, 0.05) is 17.8 Å². The van der Waals surface area contributed by atoms with Gasteiger partial charge in [-0.1, -0.05) is 0 Å². The van der Waals surface area contributed by atoms with Gasteiger partial charge in [0.15, 0.2) is 11.6 Å².